The van der Waals surface area contributed by atoms with E-state index < -0.39 is 74.2 Å². The van der Waals surface area contributed by atoms with Gasteiger partial charge in [0.1, 0.15) is 36.6 Å². The Morgan fingerprint density at radius 2 is 1.06 bits per heavy atom. The van der Waals surface area contributed by atoms with Gasteiger partial charge >= 0.3 is 0 Å². The number of rotatable bonds is 32. The molecule has 1 aliphatic rings. The summed E-state index contributed by atoms with van der Waals surface area (Å²) in [6, 6.07) is -1.16. The lowest BCUT2D eigenvalue weighted by atomic mass is 9.98. The molecule has 0 aliphatic carbocycles. The highest BCUT2D eigenvalue weighted by Gasteiger charge is 2.44. The van der Waals surface area contributed by atoms with Crippen molar-refractivity contribution in [2.45, 2.75) is 223 Å². The topological polar surface area (TPSA) is 189 Å². The second-order valence-corrected chi connectivity index (χ2v) is 14.4. The molecule has 49 heavy (non-hydrogen) atoms. The van der Waals surface area contributed by atoms with Crippen LogP contribution in [0.1, 0.15) is 168 Å². The molecule has 1 aliphatic heterocycles. The van der Waals surface area contributed by atoms with Crippen molar-refractivity contribution in [3.63, 3.8) is 0 Å². The summed E-state index contributed by atoms with van der Waals surface area (Å²) in [7, 11) is 0. The van der Waals surface area contributed by atoms with Gasteiger partial charge in [0.15, 0.2) is 6.29 Å². The van der Waals surface area contributed by atoms with E-state index in [0.29, 0.717) is 19.3 Å². The summed E-state index contributed by atoms with van der Waals surface area (Å²) >= 11 is 0. The van der Waals surface area contributed by atoms with E-state index in [-0.39, 0.29) is 6.42 Å². The fourth-order valence-electron chi connectivity index (χ4n) is 6.50. The summed E-state index contributed by atoms with van der Waals surface area (Å²) in [5, 5.41) is 75.1. The van der Waals surface area contributed by atoms with Gasteiger partial charge < -0.3 is 50.5 Å². The third kappa shape index (κ3) is 20.7. The number of aliphatic hydroxyl groups is 7. The third-order valence-electron chi connectivity index (χ3n) is 9.91. The molecule has 0 aromatic heterocycles. The zero-order valence-corrected chi connectivity index (χ0v) is 30.9. The summed E-state index contributed by atoms with van der Waals surface area (Å²) in [6.07, 6.45) is 14.6. The quantitative estimate of drug-likeness (QED) is 0.0453. The molecule has 0 saturated carbocycles. The van der Waals surface area contributed by atoms with E-state index in [9.17, 15) is 40.5 Å². The molecular weight excluding hydrogens is 630 g/mol. The van der Waals surface area contributed by atoms with Gasteiger partial charge in [-0.1, -0.05) is 155 Å². The van der Waals surface area contributed by atoms with Crippen LogP contribution in [0, 0.1) is 0 Å². The maximum absolute atomic E-state index is 12.9. The van der Waals surface area contributed by atoms with Gasteiger partial charge in [-0.25, -0.2) is 0 Å². The first-order valence-electron chi connectivity index (χ1n) is 19.9. The van der Waals surface area contributed by atoms with E-state index in [1.807, 2.05) is 0 Å². The van der Waals surface area contributed by atoms with Crippen LogP contribution in [-0.2, 0) is 14.3 Å². The summed E-state index contributed by atoms with van der Waals surface area (Å²) in [4.78, 5) is 12.9. The van der Waals surface area contributed by atoms with E-state index in [2.05, 4.69) is 19.2 Å². The molecule has 9 unspecified atom stereocenters. The Hall–Kier alpha value is -0.890. The number of ether oxygens (including phenoxy) is 2. The highest BCUT2D eigenvalue weighted by molar-refractivity contribution is 5.80. The molecule has 1 fully saturated rings. The van der Waals surface area contributed by atoms with E-state index in [0.717, 1.165) is 38.5 Å². The van der Waals surface area contributed by atoms with Crippen molar-refractivity contribution >= 4 is 5.91 Å². The Labute approximate surface area is 297 Å². The van der Waals surface area contributed by atoms with Crippen LogP contribution in [0.2, 0.25) is 0 Å². The molecule has 11 nitrogen and oxygen atoms in total. The van der Waals surface area contributed by atoms with Gasteiger partial charge in [-0.05, 0) is 12.8 Å². The van der Waals surface area contributed by atoms with Crippen LogP contribution < -0.4 is 5.32 Å². The van der Waals surface area contributed by atoms with Crippen LogP contribution in [0.3, 0.4) is 0 Å². The average Bonchev–Trinajstić information content (AvgIpc) is 3.10. The monoisotopic (exact) mass is 706 g/mol. The van der Waals surface area contributed by atoms with Crippen molar-refractivity contribution in [3.8, 4) is 0 Å². The predicted molar refractivity (Wildman–Crippen MR) is 192 cm³/mol. The molecule has 11 heteroatoms. The first-order chi connectivity index (χ1) is 23.7. The zero-order chi connectivity index (χ0) is 36.3. The smallest absolute Gasteiger partial charge is 0.249 e. The van der Waals surface area contributed by atoms with Crippen molar-refractivity contribution in [2.75, 3.05) is 13.2 Å². The second-order valence-electron chi connectivity index (χ2n) is 14.4. The normalized spacial score (nSPS) is 23.7. The minimum Gasteiger partial charge on any atom is -0.394 e. The number of carbonyl (C=O) groups is 1. The molecular formula is C38H75NO10. The van der Waals surface area contributed by atoms with Crippen LogP contribution in [0.4, 0.5) is 0 Å². The molecule has 1 heterocycles. The van der Waals surface area contributed by atoms with Crippen LogP contribution in [0.15, 0.2) is 0 Å². The number of amides is 1. The predicted octanol–water partition coefficient (Wildman–Crippen LogP) is 4.77. The van der Waals surface area contributed by atoms with E-state index in [1.54, 1.807) is 0 Å². The maximum Gasteiger partial charge on any atom is 0.249 e. The third-order valence-corrected chi connectivity index (χ3v) is 9.91. The summed E-state index contributed by atoms with van der Waals surface area (Å²) < 4.78 is 11.0. The van der Waals surface area contributed by atoms with Gasteiger partial charge in [-0.15, -0.1) is 0 Å². The number of aliphatic hydroxyl groups excluding tert-OH is 7. The number of carbonyl (C=O) groups excluding carboxylic acids is 1. The molecule has 0 aromatic rings. The first-order valence-corrected chi connectivity index (χ1v) is 19.9. The van der Waals surface area contributed by atoms with Crippen molar-refractivity contribution in [1.82, 2.24) is 5.32 Å². The number of hydrogen-bond donors (Lipinski definition) is 8. The largest absolute Gasteiger partial charge is 0.394 e. The maximum atomic E-state index is 12.9. The molecule has 1 amide bonds. The number of nitrogens with one attached hydrogen (secondary N) is 1. The number of hydrogen-bond acceptors (Lipinski definition) is 10. The van der Waals surface area contributed by atoms with Crippen LogP contribution in [-0.4, -0.2) is 110 Å². The Bertz CT molecular complexity index is 775. The minimum absolute atomic E-state index is 0.263. The van der Waals surface area contributed by atoms with Gasteiger partial charge in [-0.3, -0.25) is 4.79 Å². The van der Waals surface area contributed by atoms with Crippen LogP contribution in [0.25, 0.3) is 0 Å². The van der Waals surface area contributed by atoms with Gasteiger partial charge in [0, 0.05) is 0 Å². The molecule has 0 bridgehead atoms. The molecule has 0 aromatic carbocycles. The van der Waals surface area contributed by atoms with Gasteiger partial charge in [0.2, 0.25) is 5.91 Å². The van der Waals surface area contributed by atoms with Crippen LogP contribution >= 0.6 is 0 Å². The molecule has 1 rings (SSSR count). The summed E-state index contributed by atoms with van der Waals surface area (Å²) in [5.41, 5.74) is 0. The van der Waals surface area contributed by atoms with Crippen molar-refractivity contribution < 1.29 is 50.0 Å². The highest BCUT2D eigenvalue weighted by atomic mass is 16.7. The second kappa shape index (κ2) is 29.7. The van der Waals surface area contributed by atoms with E-state index in [4.69, 9.17) is 9.47 Å². The van der Waals surface area contributed by atoms with Crippen molar-refractivity contribution in [2.24, 2.45) is 0 Å². The highest BCUT2D eigenvalue weighted by Crippen LogP contribution is 2.23. The zero-order valence-electron chi connectivity index (χ0n) is 30.9. The van der Waals surface area contributed by atoms with E-state index >= 15 is 0 Å². The molecule has 9 atom stereocenters. The SMILES string of the molecule is CCCCCCCCCCCCCCCCC(O)C(O)C(COC1OC(CO)C(O)C(O)C1O)NC(=O)C(O)CCCCCCCCCC. The Morgan fingerprint density at radius 3 is 1.51 bits per heavy atom. The van der Waals surface area contributed by atoms with Crippen molar-refractivity contribution in [1.29, 1.82) is 0 Å². The van der Waals surface area contributed by atoms with Gasteiger partial charge in [0.05, 0.1) is 25.4 Å². The average molecular weight is 706 g/mol. The molecule has 0 radical (unpaired) electrons. The lowest BCUT2D eigenvalue weighted by Gasteiger charge is -2.40. The van der Waals surface area contributed by atoms with Gasteiger partial charge in [-0.2, -0.15) is 0 Å². The summed E-state index contributed by atoms with van der Waals surface area (Å²) in [5.74, 6) is -0.701. The Balaban J connectivity index is 2.53. The van der Waals surface area contributed by atoms with Crippen molar-refractivity contribution in [3.05, 3.63) is 0 Å². The van der Waals surface area contributed by atoms with Gasteiger partial charge in [0.25, 0.3) is 0 Å². The Kier molecular flexibility index (Phi) is 27.9. The lowest BCUT2D eigenvalue weighted by molar-refractivity contribution is -0.303. The fraction of sp³-hybridized carbons (Fsp3) is 0.974. The Morgan fingerprint density at radius 1 is 0.633 bits per heavy atom. The van der Waals surface area contributed by atoms with E-state index in [1.165, 1.54) is 89.9 Å². The number of unbranched alkanes of at least 4 members (excludes halogenated alkanes) is 20. The minimum atomic E-state index is -1.65. The molecule has 0 spiro atoms. The molecule has 8 N–H and O–H groups in total. The molecule has 292 valence electrons. The van der Waals surface area contributed by atoms with Crippen LogP contribution in [0.5, 0.6) is 0 Å². The fourth-order valence-corrected chi connectivity index (χ4v) is 6.50. The first kappa shape index (κ1) is 46.1. The standard InChI is InChI=1S/C38H75NO10/c1-3-5-7-9-11-13-14-15-16-17-18-20-21-23-25-30(41)33(43)29(28-48-38-36(46)35(45)34(44)32(27-40)49-38)39-37(47)31(42)26-24-22-19-12-10-8-6-4-2/h29-36,38,40-46H,3-28H2,1-2H3,(H,39,47). The lowest BCUT2D eigenvalue weighted by Crippen LogP contribution is -2.60. The summed E-state index contributed by atoms with van der Waals surface area (Å²) in [6.45, 7) is 3.37. The molecule has 1 saturated heterocycles.